The van der Waals surface area contributed by atoms with Crippen molar-refractivity contribution in [2.45, 2.75) is 20.8 Å². The molecule has 3 heteroatoms. The van der Waals surface area contributed by atoms with Gasteiger partial charge in [0.05, 0.1) is 17.3 Å². The van der Waals surface area contributed by atoms with Crippen LogP contribution in [-0.2, 0) is 0 Å². The Bertz CT molecular complexity index is 463. The second kappa shape index (κ2) is 4.43. The van der Waals surface area contributed by atoms with E-state index in [1.165, 1.54) is 0 Å². The molecule has 72 valence electrons. The Hall–Kier alpha value is -1.82. The van der Waals surface area contributed by atoms with Gasteiger partial charge >= 0.3 is 0 Å². The third-order valence-corrected chi connectivity index (χ3v) is 1.84. The van der Waals surface area contributed by atoms with Gasteiger partial charge in [-0.05, 0) is 24.6 Å². The Kier molecular flexibility index (Phi) is 3.24. The molecule has 0 bridgehead atoms. The van der Waals surface area contributed by atoms with E-state index in [9.17, 15) is 0 Å². The van der Waals surface area contributed by atoms with Crippen LogP contribution in [0.3, 0.4) is 0 Å². The highest BCUT2D eigenvalue weighted by atomic mass is 15.2. The maximum absolute atomic E-state index is 8.79. The van der Waals surface area contributed by atoms with Gasteiger partial charge in [0, 0.05) is 6.20 Å². The van der Waals surface area contributed by atoms with Gasteiger partial charge in [-0.1, -0.05) is 13.8 Å². The largest absolute Gasteiger partial charge is 0.239 e. The number of aromatic nitrogens is 2. The number of aryl methyl sites for hydroxylation is 1. The predicted molar refractivity (Wildman–Crippen MR) is 56.0 cm³/mol. The summed E-state index contributed by atoms with van der Waals surface area (Å²) in [6.45, 7) is 5.95. The molecule has 0 aliphatic carbocycles. The molecule has 0 radical (unpaired) electrons. The van der Waals surface area contributed by atoms with E-state index in [4.69, 9.17) is 5.26 Å². The number of hydrogen-bond acceptors (Lipinski definition) is 2. The average molecular weight is 187 g/mol. The first-order valence-electron chi connectivity index (χ1n) is 4.66. The van der Waals surface area contributed by atoms with Crippen LogP contribution < -0.4 is 0 Å². The molecular weight excluding hydrogens is 174 g/mol. The van der Waals surface area contributed by atoms with Crippen molar-refractivity contribution in [1.82, 2.24) is 9.61 Å². The van der Waals surface area contributed by atoms with Gasteiger partial charge in [-0.3, -0.25) is 0 Å². The first-order chi connectivity index (χ1) is 6.83. The summed E-state index contributed by atoms with van der Waals surface area (Å²) in [6, 6.07) is 5.75. The van der Waals surface area contributed by atoms with Gasteiger partial charge in [0.15, 0.2) is 0 Å². The molecule has 0 saturated heterocycles. The lowest BCUT2D eigenvalue weighted by atomic mass is 10.2. The number of nitriles is 1. The maximum atomic E-state index is 8.79. The first-order valence-corrected chi connectivity index (χ1v) is 4.66. The molecule has 0 atom stereocenters. The van der Waals surface area contributed by atoms with Crippen LogP contribution in [0.25, 0.3) is 5.52 Å². The highest BCUT2D eigenvalue weighted by molar-refractivity contribution is 5.64. The van der Waals surface area contributed by atoms with Gasteiger partial charge in [0.25, 0.3) is 0 Å². The number of nitrogens with zero attached hydrogens (tertiary/aromatic N) is 3. The summed E-state index contributed by atoms with van der Waals surface area (Å²) in [4.78, 5) is 0. The van der Waals surface area contributed by atoms with Crippen molar-refractivity contribution >= 4 is 5.52 Å². The summed E-state index contributed by atoms with van der Waals surface area (Å²) in [7, 11) is 0. The Morgan fingerprint density at radius 1 is 1.43 bits per heavy atom. The van der Waals surface area contributed by atoms with E-state index in [-0.39, 0.29) is 0 Å². The molecule has 0 aliphatic rings. The molecule has 14 heavy (non-hydrogen) atoms. The van der Waals surface area contributed by atoms with E-state index in [0.717, 1.165) is 11.1 Å². The SMILES string of the molecule is CC.Cc1cnn2cccc(C#N)c12. The fraction of sp³-hybridized carbons (Fsp3) is 0.273. The van der Waals surface area contributed by atoms with Crippen molar-refractivity contribution in [2.24, 2.45) is 0 Å². The second-order valence-electron chi connectivity index (χ2n) is 2.65. The highest BCUT2D eigenvalue weighted by Crippen LogP contribution is 2.13. The number of fused-ring (bicyclic) bond motifs is 1. The fourth-order valence-corrected chi connectivity index (χ4v) is 1.29. The van der Waals surface area contributed by atoms with Gasteiger partial charge in [0.2, 0.25) is 0 Å². The van der Waals surface area contributed by atoms with E-state index in [2.05, 4.69) is 11.2 Å². The van der Waals surface area contributed by atoms with Crippen molar-refractivity contribution in [3.63, 3.8) is 0 Å². The summed E-state index contributed by atoms with van der Waals surface area (Å²) >= 11 is 0. The van der Waals surface area contributed by atoms with Crippen molar-refractivity contribution < 1.29 is 0 Å². The minimum atomic E-state index is 0.674. The smallest absolute Gasteiger partial charge is 0.101 e. The van der Waals surface area contributed by atoms with Crippen LogP contribution >= 0.6 is 0 Å². The van der Waals surface area contributed by atoms with Gasteiger partial charge in [-0.25, -0.2) is 4.52 Å². The Morgan fingerprint density at radius 3 is 2.79 bits per heavy atom. The van der Waals surface area contributed by atoms with Crippen LogP contribution in [0.5, 0.6) is 0 Å². The molecule has 2 heterocycles. The second-order valence-corrected chi connectivity index (χ2v) is 2.65. The van der Waals surface area contributed by atoms with Gasteiger partial charge in [-0.2, -0.15) is 10.4 Å². The molecule has 2 aromatic rings. The molecule has 0 spiro atoms. The molecule has 2 rings (SSSR count). The van der Waals surface area contributed by atoms with Gasteiger partial charge in [0.1, 0.15) is 6.07 Å². The molecular formula is C11H13N3. The zero-order valence-electron chi connectivity index (χ0n) is 8.65. The monoisotopic (exact) mass is 187 g/mol. The van der Waals surface area contributed by atoms with Crippen LogP contribution in [0.15, 0.2) is 24.5 Å². The lowest BCUT2D eigenvalue weighted by Crippen LogP contribution is -1.88. The molecule has 0 saturated carbocycles. The lowest BCUT2D eigenvalue weighted by molar-refractivity contribution is 0.959. The Balaban J connectivity index is 0.000000461. The molecule has 0 amide bonds. The molecule has 0 unspecified atom stereocenters. The molecule has 2 aromatic heterocycles. The van der Waals surface area contributed by atoms with Gasteiger partial charge < -0.3 is 0 Å². The summed E-state index contributed by atoms with van der Waals surface area (Å²) in [5, 5.41) is 12.9. The highest BCUT2D eigenvalue weighted by Gasteiger charge is 2.03. The van der Waals surface area contributed by atoms with Crippen molar-refractivity contribution in [2.75, 3.05) is 0 Å². The third-order valence-electron chi connectivity index (χ3n) is 1.84. The number of rotatable bonds is 0. The minimum Gasteiger partial charge on any atom is -0.239 e. The summed E-state index contributed by atoms with van der Waals surface area (Å²) in [6.07, 6.45) is 3.60. The topological polar surface area (TPSA) is 41.1 Å². The maximum Gasteiger partial charge on any atom is 0.101 e. The molecule has 3 nitrogen and oxygen atoms in total. The number of hydrogen-bond donors (Lipinski definition) is 0. The number of pyridine rings is 1. The van der Waals surface area contributed by atoms with E-state index >= 15 is 0 Å². The molecule has 0 fully saturated rings. The Labute approximate surface area is 83.6 Å². The summed E-state index contributed by atoms with van der Waals surface area (Å²) in [5.41, 5.74) is 2.61. The van der Waals surface area contributed by atoms with E-state index in [0.29, 0.717) is 5.56 Å². The quantitative estimate of drug-likeness (QED) is 0.636. The Morgan fingerprint density at radius 2 is 2.14 bits per heavy atom. The van der Waals surface area contributed by atoms with Crippen LogP contribution in [0.1, 0.15) is 25.0 Å². The van der Waals surface area contributed by atoms with Crippen LogP contribution in [0.2, 0.25) is 0 Å². The molecule has 0 aromatic carbocycles. The van der Waals surface area contributed by atoms with Crippen LogP contribution in [0, 0.1) is 18.3 Å². The van der Waals surface area contributed by atoms with Gasteiger partial charge in [-0.15, -0.1) is 0 Å². The normalized spacial score (nSPS) is 9.00. The fourth-order valence-electron chi connectivity index (χ4n) is 1.29. The van der Waals surface area contributed by atoms with Crippen LogP contribution in [0.4, 0.5) is 0 Å². The van der Waals surface area contributed by atoms with E-state index < -0.39 is 0 Å². The first kappa shape index (κ1) is 10.3. The summed E-state index contributed by atoms with van der Waals surface area (Å²) < 4.78 is 1.72. The van der Waals surface area contributed by atoms with Crippen molar-refractivity contribution in [3.8, 4) is 6.07 Å². The zero-order chi connectivity index (χ0) is 10.6. The minimum absolute atomic E-state index is 0.674. The average Bonchev–Trinajstić information content (AvgIpc) is 2.64. The predicted octanol–water partition coefficient (Wildman–Crippen LogP) is 2.54. The van der Waals surface area contributed by atoms with Crippen LogP contribution in [-0.4, -0.2) is 9.61 Å². The van der Waals surface area contributed by atoms with E-state index in [1.54, 1.807) is 16.8 Å². The molecule has 0 aliphatic heterocycles. The third kappa shape index (κ3) is 1.60. The van der Waals surface area contributed by atoms with Crippen molar-refractivity contribution in [1.29, 1.82) is 5.26 Å². The zero-order valence-corrected chi connectivity index (χ0v) is 8.65. The standard InChI is InChI=1S/C9H7N3.C2H6/c1-7-6-11-12-4-2-3-8(5-10)9(7)12;1-2/h2-4,6H,1H3;1-2H3. The summed E-state index contributed by atoms with van der Waals surface area (Å²) in [5.74, 6) is 0. The van der Waals surface area contributed by atoms with E-state index in [1.807, 2.05) is 33.0 Å². The molecule has 0 N–H and O–H groups in total. The lowest BCUT2D eigenvalue weighted by Gasteiger charge is -1.94. The van der Waals surface area contributed by atoms with Crippen molar-refractivity contribution in [3.05, 3.63) is 35.7 Å².